The Morgan fingerprint density at radius 3 is 2.52 bits per heavy atom. The molecule has 0 saturated carbocycles. The Hall–Kier alpha value is -1.52. The van der Waals surface area contributed by atoms with Gasteiger partial charge in [0.15, 0.2) is 0 Å². The van der Waals surface area contributed by atoms with Gasteiger partial charge in [-0.2, -0.15) is 0 Å². The maximum atomic E-state index is 12.8. The van der Waals surface area contributed by atoms with Crippen LogP contribution in [0.4, 0.5) is 4.79 Å². The van der Waals surface area contributed by atoms with E-state index < -0.39 is 5.97 Å². The van der Waals surface area contributed by atoms with Crippen LogP contribution < -0.4 is 0 Å². The maximum Gasteiger partial charge on any atom is 0.320 e. The average molecular weight is 292 g/mol. The number of urea groups is 1. The molecule has 2 atom stereocenters. The first kappa shape index (κ1) is 14.4. The fourth-order valence-electron chi connectivity index (χ4n) is 4.25. The zero-order valence-electron chi connectivity index (χ0n) is 12.6. The van der Waals surface area contributed by atoms with Crippen molar-refractivity contribution in [3.05, 3.63) is 11.6 Å². The lowest BCUT2D eigenvalue weighted by atomic mass is 9.88. The summed E-state index contributed by atoms with van der Waals surface area (Å²) in [7, 11) is 0. The van der Waals surface area contributed by atoms with Gasteiger partial charge in [-0.15, -0.1) is 0 Å². The third-order valence-electron chi connectivity index (χ3n) is 5.12. The Labute approximate surface area is 125 Å². The van der Waals surface area contributed by atoms with E-state index in [0.717, 1.165) is 45.2 Å². The molecule has 5 heteroatoms. The van der Waals surface area contributed by atoms with Crippen molar-refractivity contribution in [1.82, 2.24) is 9.80 Å². The Balaban J connectivity index is 1.66. The Morgan fingerprint density at radius 1 is 1.29 bits per heavy atom. The second-order valence-electron chi connectivity index (χ2n) is 6.77. The highest BCUT2D eigenvalue weighted by Gasteiger charge is 2.44. The molecule has 3 rings (SSSR count). The summed E-state index contributed by atoms with van der Waals surface area (Å²) in [6, 6.07) is 0.683. The van der Waals surface area contributed by atoms with Crippen LogP contribution in [-0.4, -0.2) is 52.1 Å². The highest BCUT2D eigenvalue weighted by atomic mass is 16.4. The molecule has 3 aliphatic heterocycles. The molecule has 0 aromatic heterocycles. The van der Waals surface area contributed by atoms with Gasteiger partial charge in [0.1, 0.15) is 0 Å². The van der Waals surface area contributed by atoms with Crippen molar-refractivity contribution in [3.63, 3.8) is 0 Å². The molecular weight excluding hydrogens is 268 g/mol. The fraction of sp³-hybridized carbons (Fsp3) is 0.750. The summed E-state index contributed by atoms with van der Waals surface area (Å²) in [4.78, 5) is 27.7. The molecule has 116 valence electrons. The van der Waals surface area contributed by atoms with Gasteiger partial charge < -0.3 is 14.9 Å². The number of amides is 2. The van der Waals surface area contributed by atoms with Crippen molar-refractivity contribution < 1.29 is 14.7 Å². The van der Waals surface area contributed by atoms with E-state index in [4.69, 9.17) is 5.11 Å². The summed E-state index contributed by atoms with van der Waals surface area (Å²) in [5, 5.41) is 8.97. The van der Waals surface area contributed by atoms with Gasteiger partial charge in [-0.1, -0.05) is 11.6 Å². The van der Waals surface area contributed by atoms with Crippen molar-refractivity contribution in [3.8, 4) is 0 Å². The summed E-state index contributed by atoms with van der Waals surface area (Å²) < 4.78 is 0. The van der Waals surface area contributed by atoms with Crippen LogP contribution in [0.15, 0.2) is 11.6 Å². The number of aliphatic carboxylic acids is 1. The molecular formula is C16H24N2O3. The van der Waals surface area contributed by atoms with E-state index in [1.807, 2.05) is 4.90 Å². The monoisotopic (exact) mass is 292 g/mol. The van der Waals surface area contributed by atoms with E-state index in [9.17, 15) is 9.59 Å². The molecule has 2 amide bonds. The smallest absolute Gasteiger partial charge is 0.320 e. The van der Waals surface area contributed by atoms with Gasteiger partial charge in [-0.25, -0.2) is 4.79 Å². The quantitative estimate of drug-likeness (QED) is 0.795. The second kappa shape index (κ2) is 5.70. The lowest BCUT2D eigenvalue weighted by Gasteiger charge is -2.42. The third-order valence-corrected chi connectivity index (χ3v) is 5.12. The molecule has 0 aromatic rings. The first-order valence-electron chi connectivity index (χ1n) is 7.99. The molecule has 5 nitrogen and oxygen atoms in total. The molecule has 1 N–H and O–H groups in total. The van der Waals surface area contributed by atoms with Crippen LogP contribution in [0.3, 0.4) is 0 Å². The van der Waals surface area contributed by atoms with E-state index in [2.05, 4.69) is 17.9 Å². The van der Waals surface area contributed by atoms with Gasteiger partial charge in [-0.3, -0.25) is 4.79 Å². The van der Waals surface area contributed by atoms with Crippen LogP contribution in [0.25, 0.3) is 0 Å². The molecule has 0 radical (unpaired) electrons. The van der Waals surface area contributed by atoms with E-state index in [1.165, 1.54) is 5.57 Å². The number of carboxylic acids is 1. The SMILES string of the molecule is CC1=CCCN(C(=O)N2C3CCC2CC(CC(=O)O)C3)C1. The highest BCUT2D eigenvalue weighted by Crippen LogP contribution is 2.40. The Bertz CT molecular complexity index is 460. The lowest BCUT2D eigenvalue weighted by molar-refractivity contribution is -0.138. The fourth-order valence-corrected chi connectivity index (χ4v) is 4.25. The van der Waals surface area contributed by atoms with Crippen molar-refractivity contribution in [2.24, 2.45) is 5.92 Å². The van der Waals surface area contributed by atoms with Crippen LogP contribution in [0, 0.1) is 5.92 Å². The Morgan fingerprint density at radius 2 is 1.95 bits per heavy atom. The average Bonchev–Trinajstić information content (AvgIpc) is 2.69. The number of carboxylic acid groups (broad SMARTS) is 1. The standard InChI is InChI=1S/C16H24N2O3/c1-11-3-2-6-17(10-11)16(21)18-13-4-5-14(18)8-12(7-13)9-15(19)20/h3,12-14H,2,4-10H2,1H3,(H,19,20). The topological polar surface area (TPSA) is 60.9 Å². The first-order chi connectivity index (χ1) is 10.0. The van der Waals surface area contributed by atoms with Crippen LogP contribution in [0.5, 0.6) is 0 Å². The van der Waals surface area contributed by atoms with E-state index in [1.54, 1.807) is 0 Å². The number of nitrogens with zero attached hydrogens (tertiary/aromatic N) is 2. The number of piperidine rings is 1. The zero-order valence-corrected chi connectivity index (χ0v) is 12.6. The molecule has 21 heavy (non-hydrogen) atoms. The lowest BCUT2D eigenvalue weighted by Crippen LogP contribution is -2.53. The predicted molar refractivity (Wildman–Crippen MR) is 79.0 cm³/mol. The summed E-state index contributed by atoms with van der Waals surface area (Å²) in [6.45, 7) is 3.63. The number of carbonyl (C=O) groups excluding carboxylic acids is 1. The van der Waals surface area contributed by atoms with Gasteiger partial charge in [0.25, 0.3) is 0 Å². The van der Waals surface area contributed by atoms with Gasteiger partial charge in [0, 0.05) is 31.6 Å². The highest BCUT2D eigenvalue weighted by molar-refractivity contribution is 5.76. The van der Waals surface area contributed by atoms with E-state index in [-0.39, 0.29) is 30.5 Å². The van der Waals surface area contributed by atoms with Gasteiger partial charge in [0.05, 0.1) is 0 Å². The van der Waals surface area contributed by atoms with Crippen LogP contribution in [0.1, 0.15) is 45.4 Å². The molecule has 0 aromatic carbocycles. The molecule has 2 saturated heterocycles. The number of rotatable bonds is 2. The number of hydrogen-bond acceptors (Lipinski definition) is 2. The molecule has 0 aliphatic carbocycles. The summed E-state index contributed by atoms with van der Waals surface area (Å²) in [5.74, 6) is -0.469. The number of hydrogen-bond donors (Lipinski definition) is 1. The van der Waals surface area contributed by atoms with Crippen molar-refractivity contribution in [1.29, 1.82) is 0 Å². The van der Waals surface area contributed by atoms with E-state index >= 15 is 0 Å². The van der Waals surface area contributed by atoms with Crippen LogP contribution >= 0.6 is 0 Å². The van der Waals surface area contributed by atoms with E-state index in [0.29, 0.717) is 0 Å². The molecule has 2 bridgehead atoms. The van der Waals surface area contributed by atoms with Gasteiger partial charge >= 0.3 is 12.0 Å². The molecule has 3 heterocycles. The zero-order chi connectivity index (χ0) is 15.0. The molecule has 2 unspecified atom stereocenters. The number of fused-ring (bicyclic) bond motifs is 2. The maximum absolute atomic E-state index is 12.8. The van der Waals surface area contributed by atoms with Crippen molar-refractivity contribution >= 4 is 12.0 Å². The normalized spacial score (nSPS) is 32.0. The van der Waals surface area contributed by atoms with Gasteiger partial charge in [0.2, 0.25) is 0 Å². The molecule has 0 spiro atoms. The number of carbonyl (C=O) groups is 2. The summed E-state index contributed by atoms with van der Waals surface area (Å²) >= 11 is 0. The van der Waals surface area contributed by atoms with Crippen molar-refractivity contribution in [2.45, 2.75) is 57.5 Å². The van der Waals surface area contributed by atoms with Crippen LogP contribution in [0.2, 0.25) is 0 Å². The Kier molecular flexibility index (Phi) is 3.91. The first-order valence-corrected chi connectivity index (χ1v) is 7.99. The summed E-state index contributed by atoms with van der Waals surface area (Å²) in [6.07, 6.45) is 7.19. The second-order valence-corrected chi connectivity index (χ2v) is 6.77. The minimum atomic E-state index is -0.712. The van der Waals surface area contributed by atoms with Gasteiger partial charge in [-0.05, 0) is 44.9 Å². The third kappa shape index (κ3) is 2.92. The minimum Gasteiger partial charge on any atom is -0.481 e. The molecule has 2 fully saturated rings. The summed E-state index contributed by atoms with van der Waals surface area (Å²) in [5.41, 5.74) is 1.27. The largest absolute Gasteiger partial charge is 0.481 e. The van der Waals surface area contributed by atoms with Crippen LogP contribution in [-0.2, 0) is 4.79 Å². The molecule has 3 aliphatic rings. The minimum absolute atomic E-state index is 0.170. The van der Waals surface area contributed by atoms with Crippen molar-refractivity contribution in [2.75, 3.05) is 13.1 Å². The predicted octanol–water partition coefficient (Wildman–Crippen LogP) is 2.48.